The zero-order valence-electron chi connectivity index (χ0n) is 10.1. The second-order valence-corrected chi connectivity index (χ2v) is 5.16. The topological polar surface area (TPSA) is 12.0 Å². The minimum absolute atomic E-state index is 0.199. The normalized spacial score (nSPS) is 14.8. The Labute approximate surface area is 106 Å². The van der Waals surface area contributed by atoms with Gasteiger partial charge in [0.05, 0.1) is 4.47 Å². The summed E-state index contributed by atoms with van der Waals surface area (Å²) in [5.74, 6) is 0.441. The van der Waals surface area contributed by atoms with Crippen molar-refractivity contribution in [3.8, 4) is 0 Å². The maximum absolute atomic E-state index is 13.3. The molecule has 2 unspecified atom stereocenters. The lowest BCUT2D eigenvalue weighted by Gasteiger charge is -2.19. The lowest BCUT2D eigenvalue weighted by molar-refractivity contribution is 0.389. The lowest BCUT2D eigenvalue weighted by Crippen LogP contribution is -2.31. The monoisotopic (exact) mass is 287 g/mol. The predicted octanol–water partition coefficient (Wildman–Crippen LogP) is 4.11. The predicted molar refractivity (Wildman–Crippen MR) is 69.9 cm³/mol. The van der Waals surface area contributed by atoms with Gasteiger partial charge in [-0.25, -0.2) is 4.39 Å². The molecule has 0 aromatic heterocycles. The molecule has 90 valence electrons. The quantitative estimate of drug-likeness (QED) is 0.859. The van der Waals surface area contributed by atoms with Crippen LogP contribution in [0.4, 0.5) is 4.39 Å². The summed E-state index contributed by atoms with van der Waals surface area (Å²) in [5, 5.41) is 3.41. The highest BCUT2D eigenvalue weighted by Crippen LogP contribution is 2.16. The van der Waals surface area contributed by atoms with Gasteiger partial charge in [-0.1, -0.05) is 26.3 Å². The maximum atomic E-state index is 13.3. The van der Waals surface area contributed by atoms with E-state index in [2.05, 4.69) is 42.0 Å². The van der Waals surface area contributed by atoms with E-state index in [0.29, 0.717) is 16.4 Å². The van der Waals surface area contributed by atoms with Crippen LogP contribution < -0.4 is 5.32 Å². The number of hydrogen-bond donors (Lipinski definition) is 1. The Balaban J connectivity index is 2.51. The van der Waals surface area contributed by atoms with Crippen molar-refractivity contribution in [2.24, 2.45) is 5.92 Å². The first-order valence-electron chi connectivity index (χ1n) is 5.72. The molecule has 0 fully saturated rings. The summed E-state index contributed by atoms with van der Waals surface area (Å²) in [6, 6.07) is 5.71. The largest absolute Gasteiger partial charge is 0.310 e. The first-order chi connectivity index (χ1) is 7.54. The summed E-state index contributed by atoms with van der Waals surface area (Å²) in [5.41, 5.74) is 0.982. The van der Waals surface area contributed by atoms with Crippen molar-refractivity contribution < 1.29 is 4.39 Å². The number of benzene rings is 1. The highest BCUT2D eigenvalue weighted by molar-refractivity contribution is 9.10. The Morgan fingerprint density at radius 2 is 2.06 bits per heavy atom. The van der Waals surface area contributed by atoms with E-state index in [1.54, 1.807) is 12.1 Å². The molecule has 16 heavy (non-hydrogen) atoms. The summed E-state index contributed by atoms with van der Waals surface area (Å²) in [4.78, 5) is 0. The van der Waals surface area contributed by atoms with Crippen molar-refractivity contribution in [2.45, 2.75) is 39.8 Å². The first kappa shape index (κ1) is 13.7. The second kappa shape index (κ2) is 6.36. The van der Waals surface area contributed by atoms with Gasteiger partial charge in [0.15, 0.2) is 0 Å². The molecular formula is C13H19BrFN. The van der Waals surface area contributed by atoms with Gasteiger partial charge in [-0.2, -0.15) is 0 Å². The molecule has 3 heteroatoms. The van der Waals surface area contributed by atoms with E-state index in [4.69, 9.17) is 0 Å². The molecule has 2 atom stereocenters. The van der Waals surface area contributed by atoms with Gasteiger partial charge in [-0.15, -0.1) is 0 Å². The van der Waals surface area contributed by atoms with Crippen LogP contribution in [0.5, 0.6) is 0 Å². The molecule has 1 aromatic carbocycles. The molecule has 1 rings (SSSR count). The molecule has 1 nitrogen and oxygen atoms in total. The first-order valence-corrected chi connectivity index (χ1v) is 6.51. The van der Waals surface area contributed by atoms with Crippen LogP contribution in [0, 0.1) is 11.7 Å². The average Bonchev–Trinajstić information content (AvgIpc) is 2.29. The molecule has 0 amide bonds. The summed E-state index contributed by atoms with van der Waals surface area (Å²) < 4.78 is 13.8. The molecule has 1 aromatic rings. The Kier molecular flexibility index (Phi) is 5.42. The molecule has 0 spiro atoms. The van der Waals surface area contributed by atoms with E-state index in [9.17, 15) is 4.39 Å². The highest BCUT2D eigenvalue weighted by atomic mass is 79.9. The van der Waals surface area contributed by atoms with Gasteiger partial charge in [-0.05, 0) is 46.5 Å². The van der Waals surface area contributed by atoms with Crippen LogP contribution in [0.2, 0.25) is 0 Å². The maximum Gasteiger partial charge on any atom is 0.137 e. The third-order valence-electron chi connectivity index (χ3n) is 3.11. The number of rotatable bonds is 5. The van der Waals surface area contributed by atoms with Crippen LogP contribution in [0.25, 0.3) is 0 Å². The van der Waals surface area contributed by atoms with Gasteiger partial charge < -0.3 is 5.32 Å². The standard InChI is InChI=1S/C13H19BrFN/c1-4-9(2)10(3)16-8-11-5-6-12(14)13(15)7-11/h5-7,9-10,16H,4,8H2,1-3H3. The van der Waals surface area contributed by atoms with Gasteiger partial charge in [0, 0.05) is 12.6 Å². The zero-order chi connectivity index (χ0) is 12.1. The van der Waals surface area contributed by atoms with Gasteiger partial charge >= 0.3 is 0 Å². The molecule has 0 saturated heterocycles. The van der Waals surface area contributed by atoms with Crippen molar-refractivity contribution in [3.63, 3.8) is 0 Å². The van der Waals surface area contributed by atoms with Crippen LogP contribution in [0.15, 0.2) is 22.7 Å². The Morgan fingerprint density at radius 3 is 2.62 bits per heavy atom. The van der Waals surface area contributed by atoms with E-state index >= 15 is 0 Å². The van der Waals surface area contributed by atoms with Crippen molar-refractivity contribution in [1.82, 2.24) is 5.32 Å². The Morgan fingerprint density at radius 1 is 1.38 bits per heavy atom. The fourth-order valence-corrected chi connectivity index (χ4v) is 1.73. The highest BCUT2D eigenvalue weighted by Gasteiger charge is 2.09. The Bertz CT molecular complexity index is 341. The van der Waals surface area contributed by atoms with Crippen molar-refractivity contribution in [1.29, 1.82) is 0 Å². The van der Waals surface area contributed by atoms with Gasteiger partial charge in [0.2, 0.25) is 0 Å². The van der Waals surface area contributed by atoms with E-state index in [-0.39, 0.29) is 5.82 Å². The Hall–Kier alpha value is -0.410. The van der Waals surface area contributed by atoms with E-state index in [1.165, 1.54) is 0 Å². The zero-order valence-corrected chi connectivity index (χ0v) is 11.6. The third-order valence-corrected chi connectivity index (χ3v) is 3.75. The van der Waals surface area contributed by atoms with E-state index in [0.717, 1.165) is 18.5 Å². The molecule has 0 heterocycles. The summed E-state index contributed by atoms with van der Waals surface area (Å²) in [6.45, 7) is 7.29. The molecule has 0 radical (unpaired) electrons. The van der Waals surface area contributed by atoms with Crippen molar-refractivity contribution in [2.75, 3.05) is 0 Å². The van der Waals surface area contributed by atoms with Crippen LogP contribution >= 0.6 is 15.9 Å². The number of nitrogens with one attached hydrogen (secondary N) is 1. The molecule has 0 bridgehead atoms. The number of hydrogen-bond acceptors (Lipinski definition) is 1. The van der Waals surface area contributed by atoms with Crippen molar-refractivity contribution in [3.05, 3.63) is 34.1 Å². The van der Waals surface area contributed by atoms with Crippen LogP contribution in [0.3, 0.4) is 0 Å². The smallest absolute Gasteiger partial charge is 0.137 e. The molecular weight excluding hydrogens is 269 g/mol. The summed E-state index contributed by atoms with van der Waals surface area (Å²) in [7, 11) is 0. The fourth-order valence-electron chi connectivity index (χ4n) is 1.48. The SMILES string of the molecule is CCC(C)C(C)NCc1ccc(Br)c(F)c1. The summed E-state index contributed by atoms with van der Waals surface area (Å²) in [6.07, 6.45) is 1.16. The average molecular weight is 288 g/mol. The molecule has 0 saturated carbocycles. The van der Waals surface area contributed by atoms with Crippen LogP contribution in [-0.2, 0) is 6.54 Å². The number of halogens is 2. The lowest BCUT2D eigenvalue weighted by atomic mass is 10.0. The molecule has 1 N–H and O–H groups in total. The van der Waals surface area contributed by atoms with Crippen LogP contribution in [-0.4, -0.2) is 6.04 Å². The van der Waals surface area contributed by atoms with E-state index in [1.807, 2.05) is 6.07 Å². The van der Waals surface area contributed by atoms with Gasteiger partial charge in [0.1, 0.15) is 5.82 Å². The fraction of sp³-hybridized carbons (Fsp3) is 0.538. The van der Waals surface area contributed by atoms with Crippen LogP contribution in [0.1, 0.15) is 32.8 Å². The molecule has 0 aliphatic rings. The molecule has 0 aliphatic heterocycles. The minimum Gasteiger partial charge on any atom is -0.310 e. The second-order valence-electron chi connectivity index (χ2n) is 4.30. The van der Waals surface area contributed by atoms with Gasteiger partial charge in [0.25, 0.3) is 0 Å². The molecule has 0 aliphatic carbocycles. The third kappa shape index (κ3) is 3.87. The van der Waals surface area contributed by atoms with E-state index < -0.39 is 0 Å². The van der Waals surface area contributed by atoms with Crippen molar-refractivity contribution >= 4 is 15.9 Å². The minimum atomic E-state index is -0.199. The summed E-state index contributed by atoms with van der Waals surface area (Å²) >= 11 is 3.15. The van der Waals surface area contributed by atoms with Gasteiger partial charge in [-0.3, -0.25) is 0 Å².